The Kier molecular flexibility index (Phi) is 8.15. The number of rotatable bonds is 10. The van der Waals surface area contributed by atoms with Crippen molar-refractivity contribution in [2.75, 3.05) is 6.54 Å². The first-order valence-electron chi connectivity index (χ1n) is 13.1. The summed E-state index contributed by atoms with van der Waals surface area (Å²) in [6, 6.07) is 27.9. The van der Waals surface area contributed by atoms with Gasteiger partial charge in [-0.05, 0) is 89.2 Å². The largest absolute Gasteiger partial charge is 0.508 e. The third-order valence-corrected chi connectivity index (χ3v) is 6.65. The highest BCUT2D eigenvalue weighted by molar-refractivity contribution is 5.95. The van der Waals surface area contributed by atoms with Crippen LogP contribution in [0.2, 0.25) is 0 Å². The van der Waals surface area contributed by atoms with Gasteiger partial charge < -0.3 is 19.7 Å². The Hall–Kier alpha value is -5.31. The van der Waals surface area contributed by atoms with E-state index in [-0.39, 0.29) is 18.2 Å². The number of H-pyrrole nitrogens is 1. The zero-order chi connectivity index (χ0) is 28.8. The van der Waals surface area contributed by atoms with Crippen LogP contribution < -0.4 is 21.5 Å². The number of nitrogens with zero attached hydrogens (tertiary/aromatic N) is 1. The molecule has 0 saturated carbocycles. The number of aromatic amines is 1. The summed E-state index contributed by atoms with van der Waals surface area (Å²) in [5.74, 6) is -0.0252. The topological polar surface area (TPSA) is 127 Å². The molecule has 0 radical (unpaired) electrons. The molecule has 0 aliphatic carbocycles. The minimum Gasteiger partial charge on any atom is -0.508 e. The van der Waals surface area contributed by atoms with Gasteiger partial charge in [0.2, 0.25) is 0 Å². The molecule has 0 saturated heterocycles. The van der Waals surface area contributed by atoms with Crippen molar-refractivity contribution in [3.8, 4) is 22.6 Å². The van der Waals surface area contributed by atoms with Crippen LogP contribution in [-0.2, 0) is 19.6 Å². The maximum Gasteiger partial charge on any atom is 0.440 e. The summed E-state index contributed by atoms with van der Waals surface area (Å²) in [4.78, 5) is 37.5. The van der Waals surface area contributed by atoms with Gasteiger partial charge in [0, 0.05) is 12.1 Å². The molecule has 5 rings (SSSR count). The molecule has 0 aliphatic heterocycles. The molecule has 0 aliphatic rings. The van der Waals surface area contributed by atoms with Gasteiger partial charge in [-0.15, -0.1) is 4.74 Å². The predicted molar refractivity (Wildman–Crippen MR) is 154 cm³/mol. The van der Waals surface area contributed by atoms with E-state index in [0.29, 0.717) is 30.9 Å². The predicted octanol–water partition coefficient (Wildman–Crippen LogP) is 4.41. The average molecular weight is 552 g/mol. The molecule has 9 heteroatoms. The number of phenolic OH excluding ortho intramolecular Hbond substituents is 1. The van der Waals surface area contributed by atoms with Crippen LogP contribution in [0.4, 0.5) is 0 Å². The molecule has 0 unspecified atom stereocenters. The van der Waals surface area contributed by atoms with E-state index in [9.17, 15) is 19.5 Å². The molecule has 41 heavy (non-hydrogen) atoms. The van der Waals surface area contributed by atoms with Crippen LogP contribution in [0, 0.1) is 6.92 Å². The van der Waals surface area contributed by atoms with Crippen molar-refractivity contribution in [1.29, 1.82) is 0 Å². The molecule has 0 spiro atoms. The number of benzene rings is 4. The standard InChI is InChI=1S/C32H29N3O6/c1-21-17-26(30(37)33-16-15-22-5-10-27(36)11-6-22)9-14-29(21)25-4-2-3-24(18-25)20-40-28-12-7-23(8-13-28)19-35-31(38)34-32(39)41-35/h2-14,17-18,36H,15-16,19-20H2,1H3,(H,33,37)(H,34,38,39). The van der Waals surface area contributed by atoms with Gasteiger partial charge >= 0.3 is 11.4 Å². The molecule has 1 heterocycles. The van der Waals surface area contributed by atoms with E-state index < -0.39 is 11.4 Å². The van der Waals surface area contributed by atoms with Crippen LogP contribution >= 0.6 is 0 Å². The number of nitrogens with one attached hydrogen (secondary N) is 2. The lowest BCUT2D eigenvalue weighted by atomic mass is 9.97. The first kappa shape index (κ1) is 27.3. The molecule has 4 aromatic carbocycles. The number of amides is 1. The summed E-state index contributed by atoms with van der Waals surface area (Å²) in [6.45, 7) is 2.99. The van der Waals surface area contributed by atoms with E-state index in [4.69, 9.17) is 9.26 Å². The second-order valence-corrected chi connectivity index (χ2v) is 9.68. The lowest BCUT2D eigenvalue weighted by Crippen LogP contribution is -2.25. The molecule has 0 bridgehead atoms. The van der Waals surface area contributed by atoms with E-state index in [0.717, 1.165) is 38.1 Å². The van der Waals surface area contributed by atoms with Crippen LogP contribution in [0.25, 0.3) is 11.1 Å². The molecule has 0 atom stereocenters. The van der Waals surface area contributed by atoms with E-state index in [1.54, 1.807) is 36.4 Å². The SMILES string of the molecule is Cc1cc(C(=O)NCCc2ccc(O)cc2)ccc1-c1cccc(COc2ccc(Cn3oc(=O)[nH]c3=O)cc2)c1. The highest BCUT2D eigenvalue weighted by Crippen LogP contribution is 2.26. The highest BCUT2D eigenvalue weighted by atomic mass is 16.5. The maximum absolute atomic E-state index is 12.7. The lowest BCUT2D eigenvalue weighted by Gasteiger charge is -2.12. The van der Waals surface area contributed by atoms with Crippen molar-refractivity contribution in [1.82, 2.24) is 15.0 Å². The van der Waals surface area contributed by atoms with Gasteiger partial charge in [-0.25, -0.2) is 14.6 Å². The highest BCUT2D eigenvalue weighted by Gasteiger charge is 2.10. The van der Waals surface area contributed by atoms with Gasteiger partial charge in [0.05, 0.1) is 6.54 Å². The van der Waals surface area contributed by atoms with Crippen LogP contribution in [0.1, 0.15) is 32.6 Å². The van der Waals surface area contributed by atoms with Crippen LogP contribution in [-0.4, -0.2) is 27.3 Å². The molecule has 1 amide bonds. The maximum atomic E-state index is 12.7. The van der Waals surface area contributed by atoms with Crippen molar-refractivity contribution in [3.05, 3.63) is 140 Å². The van der Waals surface area contributed by atoms with Crippen LogP contribution in [0.5, 0.6) is 11.5 Å². The van der Waals surface area contributed by atoms with Gasteiger partial charge in [-0.2, -0.15) is 0 Å². The molecule has 208 valence electrons. The Morgan fingerprint density at radius 1 is 0.927 bits per heavy atom. The van der Waals surface area contributed by atoms with Crippen molar-refractivity contribution >= 4 is 5.91 Å². The molecule has 5 aromatic rings. The van der Waals surface area contributed by atoms with Crippen molar-refractivity contribution in [2.45, 2.75) is 26.5 Å². The molecule has 0 fully saturated rings. The third kappa shape index (κ3) is 7.02. The number of hydrogen-bond acceptors (Lipinski definition) is 6. The number of carbonyl (C=O) groups is 1. The first-order valence-corrected chi connectivity index (χ1v) is 13.1. The van der Waals surface area contributed by atoms with Gasteiger partial charge in [0.25, 0.3) is 5.91 Å². The zero-order valence-corrected chi connectivity index (χ0v) is 22.4. The van der Waals surface area contributed by atoms with E-state index in [1.807, 2.05) is 55.5 Å². The number of aromatic hydroxyl groups is 1. The third-order valence-electron chi connectivity index (χ3n) is 6.65. The first-order chi connectivity index (χ1) is 19.8. The molecule has 9 nitrogen and oxygen atoms in total. The Morgan fingerprint density at radius 2 is 1.68 bits per heavy atom. The molecular weight excluding hydrogens is 522 g/mol. The van der Waals surface area contributed by atoms with E-state index in [2.05, 4.69) is 16.4 Å². The second kappa shape index (κ2) is 12.3. The number of aryl methyl sites for hydroxylation is 1. The number of phenols is 1. The van der Waals surface area contributed by atoms with E-state index >= 15 is 0 Å². The number of aromatic nitrogens is 2. The summed E-state index contributed by atoms with van der Waals surface area (Å²) >= 11 is 0. The average Bonchev–Trinajstić information content (AvgIpc) is 3.29. The lowest BCUT2D eigenvalue weighted by molar-refractivity contribution is 0.0954. The minimum absolute atomic E-state index is 0.128. The smallest absolute Gasteiger partial charge is 0.440 e. The zero-order valence-electron chi connectivity index (χ0n) is 22.4. The Bertz CT molecular complexity index is 1770. The second-order valence-electron chi connectivity index (χ2n) is 9.68. The number of hydrogen-bond donors (Lipinski definition) is 3. The minimum atomic E-state index is -0.785. The summed E-state index contributed by atoms with van der Waals surface area (Å²) in [5.41, 5.74) is 5.87. The Balaban J connectivity index is 1.17. The molecule has 3 N–H and O–H groups in total. The normalized spacial score (nSPS) is 10.9. The fraction of sp³-hybridized carbons (Fsp3) is 0.156. The van der Waals surface area contributed by atoms with Gasteiger partial charge in [-0.1, -0.05) is 48.5 Å². The quantitative estimate of drug-likeness (QED) is 0.236. The van der Waals surface area contributed by atoms with Gasteiger partial charge in [0.1, 0.15) is 18.1 Å². The summed E-state index contributed by atoms with van der Waals surface area (Å²) in [5, 5.41) is 12.4. The molecule has 1 aromatic heterocycles. The fourth-order valence-corrected chi connectivity index (χ4v) is 4.48. The summed E-state index contributed by atoms with van der Waals surface area (Å²) in [7, 11) is 0. The van der Waals surface area contributed by atoms with Crippen LogP contribution in [0.15, 0.2) is 105 Å². The van der Waals surface area contributed by atoms with Gasteiger partial charge in [-0.3, -0.25) is 4.79 Å². The summed E-state index contributed by atoms with van der Waals surface area (Å²) < 4.78 is 11.7. The number of carbonyl (C=O) groups excluding carboxylic acids is 1. The molecular formula is C32H29N3O6. The van der Waals surface area contributed by atoms with E-state index in [1.165, 1.54) is 0 Å². The summed E-state index contributed by atoms with van der Waals surface area (Å²) in [6.07, 6.45) is 0.677. The van der Waals surface area contributed by atoms with Gasteiger partial charge in [0.15, 0.2) is 0 Å². The fourth-order valence-electron chi connectivity index (χ4n) is 4.48. The monoisotopic (exact) mass is 551 g/mol. The Labute approximate surface area is 235 Å². The number of ether oxygens (including phenoxy) is 1. The van der Waals surface area contributed by atoms with Crippen molar-refractivity contribution in [2.24, 2.45) is 0 Å². The van der Waals surface area contributed by atoms with Crippen molar-refractivity contribution < 1.29 is 19.2 Å². The van der Waals surface area contributed by atoms with Crippen molar-refractivity contribution in [3.63, 3.8) is 0 Å². The Morgan fingerprint density at radius 3 is 2.39 bits per heavy atom. The van der Waals surface area contributed by atoms with Crippen LogP contribution in [0.3, 0.4) is 0 Å².